The molecule has 1 rings (SSSR count). The van der Waals surface area contributed by atoms with Gasteiger partial charge in [-0.05, 0) is 18.8 Å². The standard InChI is InChI=1S/C8H17NO2S/c1-12(10,11)5-4-8(9)6-7-2-3-7/h7-8H,2-6,9H2,1H3. The Morgan fingerprint density at radius 3 is 2.50 bits per heavy atom. The fourth-order valence-electron chi connectivity index (χ4n) is 1.27. The molecular weight excluding hydrogens is 174 g/mol. The second-order valence-corrected chi connectivity index (χ2v) is 6.12. The molecule has 1 aliphatic rings. The number of sulfone groups is 1. The molecule has 1 aliphatic carbocycles. The van der Waals surface area contributed by atoms with Crippen LogP contribution in [0.5, 0.6) is 0 Å². The molecule has 0 aromatic carbocycles. The molecule has 72 valence electrons. The quantitative estimate of drug-likeness (QED) is 0.690. The van der Waals surface area contributed by atoms with Crippen LogP contribution in [0.4, 0.5) is 0 Å². The van der Waals surface area contributed by atoms with Gasteiger partial charge in [0.2, 0.25) is 0 Å². The van der Waals surface area contributed by atoms with E-state index in [1.807, 2.05) is 0 Å². The van der Waals surface area contributed by atoms with Crippen molar-refractivity contribution in [3.8, 4) is 0 Å². The number of hydrogen-bond donors (Lipinski definition) is 1. The van der Waals surface area contributed by atoms with Crippen molar-refractivity contribution < 1.29 is 8.42 Å². The Labute approximate surface area is 74.3 Å². The van der Waals surface area contributed by atoms with E-state index in [0.29, 0.717) is 6.42 Å². The van der Waals surface area contributed by atoms with Gasteiger partial charge in [0.25, 0.3) is 0 Å². The Kier molecular flexibility index (Phi) is 3.12. The summed E-state index contributed by atoms with van der Waals surface area (Å²) in [5.74, 6) is 1.03. The average molecular weight is 191 g/mol. The molecule has 3 nitrogen and oxygen atoms in total. The monoisotopic (exact) mass is 191 g/mol. The molecular formula is C8H17NO2S. The molecule has 4 heteroatoms. The summed E-state index contributed by atoms with van der Waals surface area (Å²) in [6.45, 7) is 0. The third kappa shape index (κ3) is 4.72. The van der Waals surface area contributed by atoms with Gasteiger partial charge in [-0.3, -0.25) is 0 Å². The summed E-state index contributed by atoms with van der Waals surface area (Å²) in [5.41, 5.74) is 5.76. The Balaban J connectivity index is 2.12. The third-order valence-corrected chi connectivity index (χ3v) is 3.17. The summed E-state index contributed by atoms with van der Waals surface area (Å²) in [4.78, 5) is 0. The first-order valence-corrected chi connectivity index (χ1v) is 6.47. The lowest BCUT2D eigenvalue weighted by Gasteiger charge is -2.08. The SMILES string of the molecule is CS(=O)(=O)CCC(N)CC1CC1. The van der Waals surface area contributed by atoms with Gasteiger partial charge in [0, 0.05) is 12.3 Å². The average Bonchev–Trinajstić information content (AvgIpc) is 2.66. The van der Waals surface area contributed by atoms with Crippen LogP contribution in [-0.4, -0.2) is 26.5 Å². The van der Waals surface area contributed by atoms with Crippen molar-refractivity contribution in [2.45, 2.75) is 31.7 Å². The van der Waals surface area contributed by atoms with Crippen LogP contribution in [0.3, 0.4) is 0 Å². The molecule has 0 heterocycles. The molecule has 1 unspecified atom stereocenters. The van der Waals surface area contributed by atoms with Gasteiger partial charge in [-0.2, -0.15) is 0 Å². The summed E-state index contributed by atoms with van der Waals surface area (Å²) in [5, 5.41) is 0. The van der Waals surface area contributed by atoms with E-state index in [-0.39, 0.29) is 11.8 Å². The van der Waals surface area contributed by atoms with Crippen LogP contribution < -0.4 is 5.73 Å². The third-order valence-electron chi connectivity index (χ3n) is 2.19. The molecule has 0 radical (unpaired) electrons. The summed E-state index contributed by atoms with van der Waals surface area (Å²) < 4.78 is 21.6. The Hall–Kier alpha value is -0.0900. The maximum atomic E-state index is 10.8. The molecule has 2 N–H and O–H groups in total. The molecule has 0 spiro atoms. The van der Waals surface area contributed by atoms with Crippen LogP contribution >= 0.6 is 0 Å². The van der Waals surface area contributed by atoms with Gasteiger partial charge in [-0.25, -0.2) is 8.42 Å². The van der Waals surface area contributed by atoms with Crippen LogP contribution in [-0.2, 0) is 9.84 Å². The van der Waals surface area contributed by atoms with Gasteiger partial charge in [-0.1, -0.05) is 12.8 Å². The fraction of sp³-hybridized carbons (Fsp3) is 1.00. The minimum absolute atomic E-state index is 0.0900. The fourth-order valence-corrected chi connectivity index (χ4v) is 2.00. The van der Waals surface area contributed by atoms with Crippen molar-refractivity contribution in [1.82, 2.24) is 0 Å². The molecule has 1 fully saturated rings. The second-order valence-electron chi connectivity index (χ2n) is 3.86. The van der Waals surface area contributed by atoms with Crippen molar-refractivity contribution in [3.05, 3.63) is 0 Å². The van der Waals surface area contributed by atoms with Gasteiger partial charge < -0.3 is 5.73 Å². The maximum absolute atomic E-state index is 10.8. The van der Waals surface area contributed by atoms with E-state index in [1.54, 1.807) is 0 Å². The second kappa shape index (κ2) is 3.75. The summed E-state index contributed by atoms with van der Waals surface area (Å²) >= 11 is 0. The largest absolute Gasteiger partial charge is 0.328 e. The minimum Gasteiger partial charge on any atom is -0.328 e. The highest BCUT2D eigenvalue weighted by atomic mass is 32.2. The first kappa shape index (κ1) is 9.99. The van der Waals surface area contributed by atoms with Crippen molar-refractivity contribution in [3.63, 3.8) is 0 Å². The maximum Gasteiger partial charge on any atom is 0.147 e. The van der Waals surface area contributed by atoms with E-state index in [9.17, 15) is 8.42 Å². The molecule has 0 aromatic rings. The van der Waals surface area contributed by atoms with Gasteiger partial charge in [-0.15, -0.1) is 0 Å². The lowest BCUT2D eigenvalue weighted by Crippen LogP contribution is -2.23. The summed E-state index contributed by atoms with van der Waals surface area (Å²) in [7, 11) is -2.81. The highest BCUT2D eigenvalue weighted by Crippen LogP contribution is 2.33. The predicted molar refractivity (Wildman–Crippen MR) is 49.6 cm³/mol. The van der Waals surface area contributed by atoms with Crippen LogP contribution in [0.1, 0.15) is 25.7 Å². The Bertz CT molecular complexity index is 231. The topological polar surface area (TPSA) is 60.2 Å². The van der Waals surface area contributed by atoms with Gasteiger partial charge in [0.1, 0.15) is 9.84 Å². The normalized spacial score (nSPS) is 20.8. The zero-order valence-electron chi connectivity index (χ0n) is 7.49. The van der Waals surface area contributed by atoms with E-state index in [2.05, 4.69) is 0 Å². The zero-order valence-corrected chi connectivity index (χ0v) is 8.31. The van der Waals surface area contributed by atoms with Crippen molar-refractivity contribution in [1.29, 1.82) is 0 Å². The molecule has 0 aliphatic heterocycles. The van der Waals surface area contributed by atoms with Crippen molar-refractivity contribution >= 4 is 9.84 Å². The lowest BCUT2D eigenvalue weighted by molar-refractivity contribution is 0.545. The van der Waals surface area contributed by atoms with E-state index in [4.69, 9.17) is 5.73 Å². The van der Waals surface area contributed by atoms with E-state index in [0.717, 1.165) is 12.3 Å². The number of hydrogen-bond acceptors (Lipinski definition) is 3. The molecule has 12 heavy (non-hydrogen) atoms. The van der Waals surface area contributed by atoms with Crippen LogP contribution in [0.2, 0.25) is 0 Å². The lowest BCUT2D eigenvalue weighted by atomic mass is 10.1. The molecule has 1 atom stereocenters. The molecule has 0 bridgehead atoms. The highest BCUT2D eigenvalue weighted by Gasteiger charge is 2.23. The number of rotatable bonds is 5. The van der Waals surface area contributed by atoms with E-state index >= 15 is 0 Å². The van der Waals surface area contributed by atoms with Crippen molar-refractivity contribution in [2.75, 3.05) is 12.0 Å². The molecule has 1 saturated carbocycles. The van der Waals surface area contributed by atoms with E-state index < -0.39 is 9.84 Å². The first-order valence-electron chi connectivity index (χ1n) is 4.40. The molecule has 0 aromatic heterocycles. The predicted octanol–water partition coefficient (Wildman–Crippen LogP) is 0.548. The van der Waals surface area contributed by atoms with Crippen LogP contribution in [0.15, 0.2) is 0 Å². The van der Waals surface area contributed by atoms with Crippen LogP contribution in [0.25, 0.3) is 0 Å². The Morgan fingerprint density at radius 1 is 1.50 bits per heavy atom. The van der Waals surface area contributed by atoms with Gasteiger partial charge in [0.15, 0.2) is 0 Å². The molecule has 0 saturated heterocycles. The zero-order chi connectivity index (χ0) is 9.19. The van der Waals surface area contributed by atoms with Crippen molar-refractivity contribution in [2.24, 2.45) is 11.7 Å². The minimum atomic E-state index is -2.81. The van der Waals surface area contributed by atoms with Crippen LogP contribution in [0, 0.1) is 5.92 Å². The first-order chi connectivity index (χ1) is 5.47. The summed E-state index contributed by atoms with van der Waals surface area (Å²) in [6, 6.07) is 0.0900. The Morgan fingerprint density at radius 2 is 2.08 bits per heavy atom. The summed E-state index contributed by atoms with van der Waals surface area (Å²) in [6.07, 6.45) is 5.46. The molecule has 0 amide bonds. The van der Waals surface area contributed by atoms with Gasteiger partial charge in [0.05, 0.1) is 5.75 Å². The van der Waals surface area contributed by atoms with Gasteiger partial charge >= 0.3 is 0 Å². The highest BCUT2D eigenvalue weighted by molar-refractivity contribution is 7.90. The van der Waals surface area contributed by atoms with E-state index in [1.165, 1.54) is 19.1 Å². The number of nitrogens with two attached hydrogens (primary N) is 1. The smallest absolute Gasteiger partial charge is 0.147 e.